The van der Waals surface area contributed by atoms with Gasteiger partial charge in [-0.2, -0.15) is 0 Å². The maximum atomic E-state index is 11.8. The van der Waals surface area contributed by atoms with Crippen LogP contribution < -0.4 is 4.90 Å². The number of carbonyl (C=O) groups excluding carboxylic acids is 1. The minimum atomic E-state index is -0.266. The fourth-order valence-electron chi connectivity index (χ4n) is 3.64. The summed E-state index contributed by atoms with van der Waals surface area (Å²) in [5.41, 5.74) is 5.40. The van der Waals surface area contributed by atoms with Crippen LogP contribution in [0.5, 0.6) is 0 Å². The number of nitrogens with zero attached hydrogens (tertiary/aromatic N) is 3. The molecule has 3 aromatic rings. The predicted molar refractivity (Wildman–Crippen MR) is 111 cm³/mol. The van der Waals surface area contributed by atoms with Crippen molar-refractivity contribution in [3.8, 4) is 0 Å². The molecule has 1 unspecified atom stereocenters. The minimum Gasteiger partial charge on any atom is -0.447 e. The third-order valence-corrected chi connectivity index (χ3v) is 5.41. The van der Waals surface area contributed by atoms with Gasteiger partial charge >= 0.3 is 6.09 Å². The fraction of sp³-hybridized carbons (Fsp3) is 0.304. The van der Waals surface area contributed by atoms with Crippen LogP contribution >= 0.6 is 0 Å². The number of cyclic esters (lactones) is 1. The Bertz CT molecular complexity index is 1020. The van der Waals surface area contributed by atoms with E-state index in [9.17, 15) is 4.79 Å². The number of benzene rings is 2. The molecule has 1 aliphatic rings. The van der Waals surface area contributed by atoms with Gasteiger partial charge in [0.25, 0.3) is 0 Å². The van der Waals surface area contributed by atoms with Crippen molar-refractivity contribution in [2.45, 2.75) is 26.4 Å². The molecule has 1 amide bonds. The molecule has 5 heteroatoms. The third kappa shape index (κ3) is 3.71. The van der Waals surface area contributed by atoms with E-state index >= 15 is 0 Å². The van der Waals surface area contributed by atoms with Gasteiger partial charge in [0.2, 0.25) is 0 Å². The fourth-order valence-corrected chi connectivity index (χ4v) is 3.64. The molecule has 2 aromatic carbocycles. The van der Waals surface area contributed by atoms with Crippen LogP contribution in [-0.4, -0.2) is 36.2 Å². The van der Waals surface area contributed by atoms with E-state index in [1.165, 1.54) is 16.5 Å². The highest BCUT2D eigenvalue weighted by atomic mass is 16.6. The summed E-state index contributed by atoms with van der Waals surface area (Å²) < 4.78 is 5.06. The molecule has 1 saturated heterocycles. The Morgan fingerprint density at radius 2 is 2.04 bits per heavy atom. The highest BCUT2D eigenvalue weighted by Gasteiger charge is 2.24. The van der Waals surface area contributed by atoms with E-state index in [0.29, 0.717) is 13.2 Å². The van der Waals surface area contributed by atoms with Gasteiger partial charge in [0.1, 0.15) is 6.61 Å². The summed E-state index contributed by atoms with van der Waals surface area (Å²) in [5, 5.41) is 1.17. The Balaban J connectivity index is 1.51. The monoisotopic (exact) mass is 375 g/mol. The zero-order valence-electron chi connectivity index (χ0n) is 16.6. The topological polar surface area (TPSA) is 45.7 Å². The molecule has 0 spiro atoms. The molecule has 0 aliphatic carbocycles. The molecule has 0 saturated carbocycles. The van der Waals surface area contributed by atoms with E-state index in [0.717, 1.165) is 23.4 Å². The van der Waals surface area contributed by atoms with Crippen LogP contribution in [0.25, 0.3) is 10.9 Å². The average Bonchev–Trinajstić information content (AvgIpc) is 3.13. The largest absolute Gasteiger partial charge is 0.447 e. The summed E-state index contributed by atoms with van der Waals surface area (Å²) in [5.74, 6) is 0. The van der Waals surface area contributed by atoms with E-state index < -0.39 is 0 Å². The van der Waals surface area contributed by atoms with Gasteiger partial charge in [0.05, 0.1) is 12.1 Å². The van der Waals surface area contributed by atoms with Gasteiger partial charge in [-0.3, -0.25) is 14.8 Å². The molecule has 1 aliphatic heterocycles. The predicted octanol–water partition coefficient (Wildman–Crippen LogP) is 4.69. The van der Waals surface area contributed by atoms with Crippen molar-refractivity contribution < 1.29 is 9.53 Å². The average molecular weight is 375 g/mol. The van der Waals surface area contributed by atoms with Crippen molar-refractivity contribution in [3.63, 3.8) is 0 Å². The molecule has 2 heterocycles. The van der Waals surface area contributed by atoms with Gasteiger partial charge in [-0.15, -0.1) is 0 Å². The van der Waals surface area contributed by atoms with Crippen molar-refractivity contribution in [1.29, 1.82) is 0 Å². The summed E-state index contributed by atoms with van der Waals surface area (Å²) >= 11 is 0. The second-order valence-corrected chi connectivity index (χ2v) is 7.43. The van der Waals surface area contributed by atoms with Gasteiger partial charge in [0, 0.05) is 29.4 Å². The zero-order chi connectivity index (χ0) is 19.7. The Morgan fingerprint density at radius 3 is 2.82 bits per heavy atom. The molecule has 0 bridgehead atoms. The number of fused-ring (bicyclic) bond motifs is 1. The van der Waals surface area contributed by atoms with Crippen LogP contribution in [0.3, 0.4) is 0 Å². The number of aryl methyl sites for hydroxylation is 1. The zero-order valence-corrected chi connectivity index (χ0v) is 16.6. The molecule has 28 heavy (non-hydrogen) atoms. The first kappa shape index (κ1) is 18.4. The Labute approximate surface area is 165 Å². The molecule has 1 aromatic heterocycles. The van der Waals surface area contributed by atoms with E-state index in [2.05, 4.69) is 60.3 Å². The van der Waals surface area contributed by atoms with Crippen LogP contribution in [0.1, 0.15) is 29.8 Å². The number of amides is 1. The molecule has 4 rings (SSSR count). The molecule has 0 radical (unpaired) electrons. The van der Waals surface area contributed by atoms with E-state index in [-0.39, 0.29) is 12.1 Å². The SMILES string of the molecule is Cc1ccc2cc(CN(C)C(C)c3cccc(N4CCOC4=O)c3)ccc2n1. The molecular weight excluding hydrogens is 350 g/mol. The summed E-state index contributed by atoms with van der Waals surface area (Å²) in [7, 11) is 2.12. The molecule has 5 nitrogen and oxygen atoms in total. The number of hydrogen-bond acceptors (Lipinski definition) is 4. The lowest BCUT2D eigenvalue weighted by Gasteiger charge is -2.26. The third-order valence-electron chi connectivity index (χ3n) is 5.41. The van der Waals surface area contributed by atoms with Gasteiger partial charge < -0.3 is 4.74 Å². The summed E-state index contributed by atoms with van der Waals surface area (Å²) in [4.78, 5) is 20.4. The van der Waals surface area contributed by atoms with Crippen molar-refractivity contribution in [1.82, 2.24) is 9.88 Å². The Kier molecular flexibility index (Phi) is 5.01. The number of hydrogen-bond donors (Lipinski definition) is 0. The van der Waals surface area contributed by atoms with Crippen LogP contribution in [0.2, 0.25) is 0 Å². The Hall–Kier alpha value is -2.92. The molecule has 144 valence electrons. The van der Waals surface area contributed by atoms with Crippen LogP contribution in [0.15, 0.2) is 54.6 Å². The standard InChI is InChI=1S/C23H25N3O2/c1-16-7-9-20-13-18(8-10-22(20)24-16)15-25(3)17(2)19-5-4-6-21(14-19)26-11-12-28-23(26)27/h4-10,13-14,17H,11-12,15H2,1-3H3. The van der Waals surface area contributed by atoms with E-state index in [1.54, 1.807) is 4.90 Å². The summed E-state index contributed by atoms with van der Waals surface area (Å²) in [6.07, 6.45) is -0.266. The highest BCUT2D eigenvalue weighted by Crippen LogP contribution is 2.27. The number of aromatic nitrogens is 1. The summed E-state index contributed by atoms with van der Waals surface area (Å²) in [6, 6.07) is 19.0. The minimum absolute atomic E-state index is 0.213. The van der Waals surface area contributed by atoms with Gasteiger partial charge in [-0.05, 0) is 62.4 Å². The summed E-state index contributed by atoms with van der Waals surface area (Å²) in [6.45, 7) is 6.10. The maximum Gasteiger partial charge on any atom is 0.414 e. The number of rotatable bonds is 5. The van der Waals surface area contributed by atoms with E-state index in [1.807, 2.05) is 25.1 Å². The molecule has 0 N–H and O–H groups in total. The quantitative estimate of drug-likeness (QED) is 0.649. The van der Waals surface area contributed by atoms with Gasteiger partial charge in [-0.1, -0.05) is 24.3 Å². The maximum absolute atomic E-state index is 11.8. The lowest BCUT2D eigenvalue weighted by Crippen LogP contribution is -2.25. The van der Waals surface area contributed by atoms with Crippen LogP contribution in [0, 0.1) is 6.92 Å². The van der Waals surface area contributed by atoms with Crippen molar-refractivity contribution >= 4 is 22.7 Å². The highest BCUT2D eigenvalue weighted by molar-refractivity contribution is 5.89. The van der Waals surface area contributed by atoms with Gasteiger partial charge in [0.15, 0.2) is 0 Å². The molecule has 1 fully saturated rings. The second kappa shape index (κ2) is 7.60. The molecular formula is C23H25N3O2. The first-order chi connectivity index (χ1) is 13.5. The lowest BCUT2D eigenvalue weighted by molar-refractivity contribution is 0.181. The lowest BCUT2D eigenvalue weighted by atomic mass is 10.0. The number of carbonyl (C=O) groups is 1. The van der Waals surface area contributed by atoms with Crippen LogP contribution in [-0.2, 0) is 11.3 Å². The Morgan fingerprint density at radius 1 is 1.18 bits per heavy atom. The first-order valence-corrected chi connectivity index (χ1v) is 9.62. The van der Waals surface area contributed by atoms with Crippen molar-refractivity contribution in [3.05, 3.63) is 71.4 Å². The first-order valence-electron chi connectivity index (χ1n) is 9.62. The number of ether oxygens (including phenoxy) is 1. The number of anilines is 1. The number of pyridine rings is 1. The van der Waals surface area contributed by atoms with Crippen LogP contribution in [0.4, 0.5) is 10.5 Å². The van der Waals surface area contributed by atoms with Crippen molar-refractivity contribution in [2.75, 3.05) is 25.1 Å². The van der Waals surface area contributed by atoms with E-state index in [4.69, 9.17) is 4.74 Å². The second-order valence-electron chi connectivity index (χ2n) is 7.43. The molecule has 1 atom stereocenters. The normalized spacial score (nSPS) is 15.3. The van der Waals surface area contributed by atoms with Crippen molar-refractivity contribution in [2.24, 2.45) is 0 Å². The smallest absolute Gasteiger partial charge is 0.414 e. The van der Waals surface area contributed by atoms with Gasteiger partial charge in [-0.25, -0.2) is 4.79 Å².